The summed E-state index contributed by atoms with van der Waals surface area (Å²) in [7, 11) is 0. The molecule has 0 saturated carbocycles. The molecule has 10 aromatic rings. The van der Waals surface area contributed by atoms with Crippen molar-refractivity contribution in [3.8, 4) is 56.5 Å². The van der Waals surface area contributed by atoms with E-state index in [2.05, 4.69) is 190 Å². The number of para-hydroxylation sites is 2. The summed E-state index contributed by atoms with van der Waals surface area (Å²) in [5.41, 5.74) is 13.6. The highest BCUT2D eigenvalue weighted by molar-refractivity contribution is 7.25. The molecule has 0 saturated heterocycles. The molecule has 284 valence electrons. The fraction of sp³-hybridized carbons (Fsp3) is 0.0714. The lowest BCUT2D eigenvalue weighted by Gasteiger charge is -2.50. The molecule has 0 amide bonds. The van der Waals surface area contributed by atoms with Crippen molar-refractivity contribution in [3.05, 3.63) is 228 Å². The van der Waals surface area contributed by atoms with Crippen molar-refractivity contribution in [2.75, 3.05) is 0 Å². The van der Waals surface area contributed by atoms with Gasteiger partial charge >= 0.3 is 0 Å². The SMILES string of the molecule is CC1(C)c2ccccc2C2(c3ccccc3Oc3c(-c4ccccc4-c4cc(-c5ccc6c(c5)sc5ccccc56)nc(-c5ccccc5)n4)cccc32)c2ccccc21. The van der Waals surface area contributed by atoms with E-state index >= 15 is 0 Å². The summed E-state index contributed by atoms with van der Waals surface area (Å²) < 4.78 is 9.71. The number of hydrogen-bond donors (Lipinski definition) is 0. The molecule has 2 aliphatic rings. The second kappa shape index (κ2) is 13.2. The topological polar surface area (TPSA) is 35.0 Å². The molecular formula is C56H38N2OS. The number of ether oxygens (including phenoxy) is 1. The highest BCUT2D eigenvalue weighted by Gasteiger charge is 2.53. The van der Waals surface area contributed by atoms with E-state index in [-0.39, 0.29) is 5.41 Å². The van der Waals surface area contributed by atoms with E-state index in [4.69, 9.17) is 14.7 Å². The average Bonchev–Trinajstić information content (AvgIpc) is 3.68. The van der Waals surface area contributed by atoms with Crippen molar-refractivity contribution in [3.63, 3.8) is 0 Å². The molecule has 0 fully saturated rings. The third-order valence-corrected chi connectivity index (χ3v) is 14.0. The third-order valence-electron chi connectivity index (χ3n) is 12.9. The van der Waals surface area contributed by atoms with E-state index in [1.54, 1.807) is 0 Å². The van der Waals surface area contributed by atoms with Crippen LogP contribution in [0.4, 0.5) is 0 Å². The Balaban J connectivity index is 1.10. The third kappa shape index (κ3) is 5.01. The molecule has 12 rings (SSSR count). The lowest BCUT2D eigenvalue weighted by Crippen LogP contribution is -2.43. The quantitative estimate of drug-likeness (QED) is 0.178. The highest BCUT2D eigenvalue weighted by atomic mass is 32.1. The normalized spacial score (nSPS) is 14.2. The molecule has 0 atom stereocenters. The Morgan fingerprint density at radius 1 is 0.417 bits per heavy atom. The molecule has 1 spiro atoms. The van der Waals surface area contributed by atoms with E-state index in [1.807, 2.05) is 29.5 Å². The zero-order valence-corrected chi connectivity index (χ0v) is 34.0. The molecule has 1 aliphatic carbocycles. The molecule has 1 aliphatic heterocycles. The van der Waals surface area contributed by atoms with Crippen molar-refractivity contribution in [1.82, 2.24) is 9.97 Å². The van der Waals surface area contributed by atoms with Crippen LogP contribution in [-0.4, -0.2) is 9.97 Å². The van der Waals surface area contributed by atoms with Gasteiger partial charge in [-0.15, -0.1) is 11.3 Å². The number of aromatic nitrogens is 2. The van der Waals surface area contributed by atoms with E-state index in [9.17, 15) is 0 Å². The first-order valence-corrected chi connectivity index (χ1v) is 21.4. The molecule has 3 nitrogen and oxygen atoms in total. The fourth-order valence-corrected chi connectivity index (χ4v) is 11.3. The molecular weight excluding hydrogens is 749 g/mol. The van der Waals surface area contributed by atoms with Gasteiger partial charge in [0.1, 0.15) is 11.5 Å². The van der Waals surface area contributed by atoms with Gasteiger partial charge in [0.05, 0.1) is 16.8 Å². The Morgan fingerprint density at radius 3 is 1.78 bits per heavy atom. The number of thiophene rings is 1. The minimum absolute atomic E-state index is 0.196. The number of hydrogen-bond acceptors (Lipinski definition) is 4. The Kier molecular flexibility index (Phi) is 7.66. The van der Waals surface area contributed by atoms with Gasteiger partial charge in [-0.1, -0.05) is 184 Å². The minimum atomic E-state index is -0.606. The zero-order valence-electron chi connectivity index (χ0n) is 33.2. The van der Waals surface area contributed by atoms with E-state index < -0.39 is 5.41 Å². The zero-order chi connectivity index (χ0) is 40.0. The van der Waals surface area contributed by atoms with Crippen molar-refractivity contribution >= 4 is 31.5 Å². The van der Waals surface area contributed by atoms with Gasteiger partial charge < -0.3 is 4.74 Å². The molecule has 60 heavy (non-hydrogen) atoms. The first kappa shape index (κ1) is 34.9. The first-order chi connectivity index (χ1) is 29.5. The number of rotatable bonds is 4. The Bertz CT molecular complexity index is 3290. The summed E-state index contributed by atoms with van der Waals surface area (Å²) in [6.07, 6.45) is 0. The number of nitrogens with zero attached hydrogens (tertiary/aromatic N) is 2. The largest absolute Gasteiger partial charge is 0.456 e. The van der Waals surface area contributed by atoms with Gasteiger partial charge in [0.25, 0.3) is 0 Å². The molecule has 4 heteroatoms. The van der Waals surface area contributed by atoms with Crippen LogP contribution in [0, 0.1) is 0 Å². The van der Waals surface area contributed by atoms with Gasteiger partial charge in [-0.05, 0) is 52.1 Å². The van der Waals surface area contributed by atoms with Crippen LogP contribution in [0.2, 0.25) is 0 Å². The molecule has 2 aromatic heterocycles. The minimum Gasteiger partial charge on any atom is -0.456 e. The van der Waals surface area contributed by atoms with E-state index in [0.717, 1.165) is 61.8 Å². The summed E-state index contributed by atoms with van der Waals surface area (Å²) in [5.74, 6) is 2.42. The lowest BCUT2D eigenvalue weighted by atomic mass is 9.53. The summed E-state index contributed by atoms with van der Waals surface area (Å²) in [6.45, 7) is 4.72. The maximum atomic E-state index is 7.18. The fourth-order valence-electron chi connectivity index (χ4n) is 10.1. The van der Waals surface area contributed by atoms with Crippen LogP contribution < -0.4 is 4.74 Å². The predicted molar refractivity (Wildman–Crippen MR) is 247 cm³/mol. The standard InChI is InChI=1S/C56H38N2OS/c1-55(2)42-23-9-11-25-44(42)56(45-26-12-10-24-43(45)55)46-27-13-14-29-50(46)59-53-41(22-16-28-47(53)56)37-19-6-7-20-38(37)49-34-48(57-54(58-49)35-17-4-3-5-18-35)36-31-32-40-39-21-8-15-30-51(39)60-52(40)33-36/h3-34H,1-2H3. The van der Waals surface area contributed by atoms with E-state index in [0.29, 0.717) is 5.82 Å². The van der Waals surface area contributed by atoms with Crippen LogP contribution in [0.3, 0.4) is 0 Å². The van der Waals surface area contributed by atoms with Crippen LogP contribution in [0.5, 0.6) is 11.5 Å². The molecule has 0 N–H and O–H groups in total. The summed E-state index contributed by atoms with van der Waals surface area (Å²) in [6, 6.07) is 69.8. The van der Waals surface area contributed by atoms with Gasteiger partial charge in [-0.3, -0.25) is 0 Å². The Morgan fingerprint density at radius 2 is 1.00 bits per heavy atom. The average molecular weight is 787 g/mol. The van der Waals surface area contributed by atoms with Gasteiger partial charge in [0.15, 0.2) is 5.82 Å². The van der Waals surface area contributed by atoms with Crippen LogP contribution >= 0.6 is 11.3 Å². The second-order valence-corrected chi connectivity index (χ2v) is 17.5. The maximum Gasteiger partial charge on any atom is 0.160 e. The van der Waals surface area contributed by atoms with Crippen LogP contribution in [-0.2, 0) is 10.8 Å². The van der Waals surface area contributed by atoms with Gasteiger partial charge in [-0.25, -0.2) is 9.97 Å². The van der Waals surface area contributed by atoms with Gasteiger partial charge in [0, 0.05) is 59.0 Å². The monoisotopic (exact) mass is 786 g/mol. The molecule has 3 heterocycles. The van der Waals surface area contributed by atoms with Crippen LogP contribution in [0.1, 0.15) is 47.2 Å². The molecule has 0 bridgehead atoms. The molecule has 0 unspecified atom stereocenters. The van der Waals surface area contributed by atoms with Crippen LogP contribution in [0.15, 0.2) is 194 Å². The van der Waals surface area contributed by atoms with Crippen molar-refractivity contribution in [1.29, 1.82) is 0 Å². The van der Waals surface area contributed by atoms with Crippen molar-refractivity contribution < 1.29 is 4.74 Å². The van der Waals surface area contributed by atoms with Crippen LogP contribution in [0.25, 0.3) is 65.2 Å². The second-order valence-electron chi connectivity index (χ2n) is 16.4. The van der Waals surface area contributed by atoms with Crippen molar-refractivity contribution in [2.24, 2.45) is 0 Å². The molecule has 0 radical (unpaired) electrons. The maximum absolute atomic E-state index is 7.18. The number of fused-ring (bicyclic) bond motifs is 11. The van der Waals surface area contributed by atoms with E-state index in [1.165, 1.54) is 42.4 Å². The predicted octanol–water partition coefficient (Wildman–Crippen LogP) is 14.6. The smallest absolute Gasteiger partial charge is 0.160 e. The Hall–Kier alpha value is -7.14. The Labute approximate surface area is 353 Å². The van der Waals surface area contributed by atoms with Gasteiger partial charge in [-0.2, -0.15) is 0 Å². The first-order valence-electron chi connectivity index (χ1n) is 20.6. The number of benzene rings is 8. The highest BCUT2D eigenvalue weighted by Crippen LogP contribution is 2.62. The van der Waals surface area contributed by atoms with Crippen molar-refractivity contribution in [2.45, 2.75) is 24.7 Å². The summed E-state index contributed by atoms with van der Waals surface area (Å²) >= 11 is 1.82. The molecule has 8 aromatic carbocycles. The summed E-state index contributed by atoms with van der Waals surface area (Å²) in [5, 5.41) is 2.55. The van der Waals surface area contributed by atoms with Gasteiger partial charge in [0.2, 0.25) is 0 Å². The lowest BCUT2D eigenvalue weighted by molar-refractivity contribution is 0.427. The summed E-state index contributed by atoms with van der Waals surface area (Å²) in [4.78, 5) is 10.6.